The van der Waals surface area contributed by atoms with Crippen molar-refractivity contribution in [3.05, 3.63) is 46.8 Å². The number of rotatable bonds is 2. The lowest BCUT2D eigenvalue weighted by Crippen LogP contribution is -2.42. The first-order valence-corrected chi connectivity index (χ1v) is 9.27. The molecule has 0 bridgehead atoms. The second-order valence-electron chi connectivity index (χ2n) is 7.39. The predicted octanol–water partition coefficient (Wildman–Crippen LogP) is 2.70. The Morgan fingerprint density at radius 3 is 2.96 bits per heavy atom. The zero-order valence-electron chi connectivity index (χ0n) is 15.1. The highest BCUT2D eigenvalue weighted by Gasteiger charge is 2.28. The van der Waals surface area contributed by atoms with E-state index in [0.717, 1.165) is 25.1 Å². The molecule has 0 fully saturated rings. The van der Waals surface area contributed by atoms with Crippen LogP contribution in [0.3, 0.4) is 0 Å². The Balaban J connectivity index is 1.56. The lowest BCUT2D eigenvalue weighted by Gasteiger charge is -2.28. The van der Waals surface area contributed by atoms with Crippen molar-refractivity contribution in [2.45, 2.75) is 51.6 Å². The number of para-hydroxylation sites is 1. The van der Waals surface area contributed by atoms with Crippen LogP contribution >= 0.6 is 0 Å². The molecule has 25 heavy (non-hydrogen) atoms. The Hall–Kier alpha value is -2.30. The zero-order chi connectivity index (χ0) is 17.4. The van der Waals surface area contributed by atoms with E-state index < -0.39 is 0 Å². The summed E-state index contributed by atoms with van der Waals surface area (Å²) in [5, 5.41) is 7.61. The van der Waals surface area contributed by atoms with Crippen LogP contribution < -0.4 is 4.90 Å². The van der Waals surface area contributed by atoms with Gasteiger partial charge in [0.2, 0.25) is 5.91 Å². The molecule has 2 heterocycles. The second kappa shape index (κ2) is 6.54. The van der Waals surface area contributed by atoms with Crippen molar-refractivity contribution in [2.75, 3.05) is 18.5 Å². The number of aromatic nitrogens is 2. The molecule has 1 aliphatic heterocycles. The van der Waals surface area contributed by atoms with Crippen molar-refractivity contribution < 1.29 is 4.79 Å². The molecular weight excluding hydrogens is 312 g/mol. The molecule has 1 aliphatic carbocycles. The lowest BCUT2D eigenvalue weighted by molar-refractivity contribution is -0.132. The molecule has 5 nitrogen and oxygen atoms in total. The van der Waals surface area contributed by atoms with Crippen LogP contribution in [0.5, 0.6) is 0 Å². The molecule has 0 spiro atoms. The normalized spacial score (nSPS) is 20.0. The number of hydrogen-bond acceptors (Lipinski definition) is 3. The Morgan fingerprint density at radius 2 is 2.08 bits per heavy atom. The van der Waals surface area contributed by atoms with Gasteiger partial charge in [-0.15, -0.1) is 0 Å². The molecule has 2 aromatic rings. The number of amides is 1. The van der Waals surface area contributed by atoms with E-state index in [2.05, 4.69) is 53.3 Å². The SMILES string of the molecule is CC1CN(C)c2ccccc2CN1C(=O)Cc1n[nH]c2c1CCCC2. The minimum atomic E-state index is 0.178. The molecule has 1 amide bonds. The number of nitrogens with one attached hydrogen (secondary N) is 1. The zero-order valence-corrected chi connectivity index (χ0v) is 15.1. The number of aromatic amines is 1. The minimum Gasteiger partial charge on any atom is -0.372 e. The molecule has 5 heteroatoms. The van der Waals surface area contributed by atoms with Crippen molar-refractivity contribution in [2.24, 2.45) is 0 Å². The first-order chi connectivity index (χ1) is 12.1. The minimum absolute atomic E-state index is 0.178. The van der Waals surface area contributed by atoms with Crippen molar-refractivity contribution >= 4 is 11.6 Å². The molecule has 1 aromatic heterocycles. The van der Waals surface area contributed by atoms with E-state index in [0.29, 0.717) is 13.0 Å². The van der Waals surface area contributed by atoms with E-state index in [1.165, 1.54) is 35.3 Å². The number of aryl methyl sites for hydroxylation is 1. The molecule has 0 saturated carbocycles. The van der Waals surface area contributed by atoms with Crippen LogP contribution in [0.4, 0.5) is 5.69 Å². The summed E-state index contributed by atoms with van der Waals surface area (Å²) in [4.78, 5) is 17.4. The van der Waals surface area contributed by atoms with Gasteiger partial charge in [-0.3, -0.25) is 9.89 Å². The summed E-state index contributed by atoms with van der Waals surface area (Å²) >= 11 is 0. The summed E-state index contributed by atoms with van der Waals surface area (Å²) in [6, 6.07) is 8.56. The van der Waals surface area contributed by atoms with E-state index in [1.807, 2.05) is 4.90 Å². The van der Waals surface area contributed by atoms with Gasteiger partial charge in [0, 0.05) is 37.6 Å². The standard InChI is InChI=1S/C20H26N4O/c1-14-12-23(2)19-10-6-3-7-15(19)13-24(14)20(25)11-18-16-8-4-5-9-17(16)21-22-18/h3,6-7,10,14H,4-5,8-9,11-13H2,1-2H3,(H,21,22). The average Bonchev–Trinajstić information content (AvgIpc) is 2.97. The van der Waals surface area contributed by atoms with Crippen LogP contribution in [-0.4, -0.2) is 40.6 Å². The molecule has 0 saturated heterocycles. The first kappa shape index (κ1) is 16.2. The summed E-state index contributed by atoms with van der Waals surface area (Å²) in [5.41, 5.74) is 5.92. The molecule has 0 radical (unpaired) electrons. The molecule has 1 atom stereocenters. The van der Waals surface area contributed by atoms with Crippen LogP contribution in [0.15, 0.2) is 24.3 Å². The number of carbonyl (C=O) groups excluding carboxylic acids is 1. The molecule has 4 rings (SSSR count). The van der Waals surface area contributed by atoms with Gasteiger partial charge in [0.15, 0.2) is 0 Å². The van der Waals surface area contributed by atoms with Crippen molar-refractivity contribution in [1.82, 2.24) is 15.1 Å². The monoisotopic (exact) mass is 338 g/mol. The van der Waals surface area contributed by atoms with E-state index in [-0.39, 0.29) is 11.9 Å². The molecule has 1 unspecified atom stereocenters. The summed E-state index contributed by atoms with van der Waals surface area (Å²) in [5.74, 6) is 0.178. The number of anilines is 1. The largest absolute Gasteiger partial charge is 0.372 e. The fourth-order valence-electron chi connectivity index (χ4n) is 4.22. The molecule has 1 aromatic carbocycles. The van der Waals surface area contributed by atoms with Gasteiger partial charge in [0.05, 0.1) is 12.1 Å². The quantitative estimate of drug-likeness (QED) is 0.916. The summed E-state index contributed by atoms with van der Waals surface area (Å²) in [6.07, 6.45) is 4.94. The van der Waals surface area contributed by atoms with Gasteiger partial charge in [-0.25, -0.2) is 0 Å². The van der Waals surface area contributed by atoms with Crippen molar-refractivity contribution in [3.8, 4) is 0 Å². The number of benzene rings is 1. The third-order valence-corrected chi connectivity index (χ3v) is 5.59. The maximum atomic E-state index is 13.1. The first-order valence-electron chi connectivity index (χ1n) is 9.27. The Kier molecular flexibility index (Phi) is 4.24. The Labute approximate surface area is 149 Å². The van der Waals surface area contributed by atoms with Gasteiger partial charge in [-0.2, -0.15) is 5.10 Å². The van der Waals surface area contributed by atoms with Gasteiger partial charge in [-0.05, 0) is 49.8 Å². The van der Waals surface area contributed by atoms with E-state index in [9.17, 15) is 4.79 Å². The van der Waals surface area contributed by atoms with Gasteiger partial charge in [0.25, 0.3) is 0 Å². The van der Waals surface area contributed by atoms with Crippen LogP contribution in [0, 0.1) is 0 Å². The number of fused-ring (bicyclic) bond motifs is 2. The average molecular weight is 338 g/mol. The van der Waals surface area contributed by atoms with Gasteiger partial charge in [-0.1, -0.05) is 18.2 Å². The summed E-state index contributed by atoms with van der Waals surface area (Å²) < 4.78 is 0. The topological polar surface area (TPSA) is 52.2 Å². The maximum Gasteiger partial charge on any atom is 0.229 e. The van der Waals surface area contributed by atoms with E-state index in [4.69, 9.17) is 0 Å². The number of H-pyrrole nitrogens is 1. The summed E-state index contributed by atoms with van der Waals surface area (Å²) in [7, 11) is 2.10. The van der Waals surface area contributed by atoms with Crippen LogP contribution in [-0.2, 0) is 30.6 Å². The predicted molar refractivity (Wildman–Crippen MR) is 98.7 cm³/mol. The maximum absolute atomic E-state index is 13.1. The fraction of sp³-hybridized carbons (Fsp3) is 0.500. The van der Waals surface area contributed by atoms with Crippen LogP contribution in [0.2, 0.25) is 0 Å². The number of likely N-dealkylation sites (N-methyl/N-ethyl adjacent to an activating group) is 1. The summed E-state index contributed by atoms with van der Waals surface area (Å²) in [6.45, 7) is 3.66. The molecule has 2 aliphatic rings. The van der Waals surface area contributed by atoms with E-state index in [1.54, 1.807) is 0 Å². The number of nitrogens with zero attached hydrogens (tertiary/aromatic N) is 3. The Bertz CT molecular complexity index is 782. The highest BCUT2D eigenvalue weighted by molar-refractivity contribution is 5.79. The van der Waals surface area contributed by atoms with Gasteiger partial charge < -0.3 is 9.80 Å². The molecule has 1 N–H and O–H groups in total. The van der Waals surface area contributed by atoms with Gasteiger partial charge >= 0.3 is 0 Å². The van der Waals surface area contributed by atoms with Crippen molar-refractivity contribution in [1.29, 1.82) is 0 Å². The second-order valence-corrected chi connectivity index (χ2v) is 7.39. The van der Waals surface area contributed by atoms with Gasteiger partial charge in [0.1, 0.15) is 0 Å². The van der Waals surface area contributed by atoms with Crippen LogP contribution in [0.1, 0.15) is 42.3 Å². The number of hydrogen-bond donors (Lipinski definition) is 1. The van der Waals surface area contributed by atoms with Crippen molar-refractivity contribution in [3.63, 3.8) is 0 Å². The third kappa shape index (κ3) is 3.03. The highest BCUT2D eigenvalue weighted by atomic mass is 16.2. The van der Waals surface area contributed by atoms with Crippen LogP contribution in [0.25, 0.3) is 0 Å². The lowest BCUT2D eigenvalue weighted by atomic mass is 9.95. The number of carbonyl (C=O) groups is 1. The Morgan fingerprint density at radius 1 is 1.28 bits per heavy atom. The molecular formula is C20H26N4O. The smallest absolute Gasteiger partial charge is 0.229 e. The highest BCUT2D eigenvalue weighted by Crippen LogP contribution is 2.27. The third-order valence-electron chi connectivity index (χ3n) is 5.59. The van der Waals surface area contributed by atoms with E-state index >= 15 is 0 Å². The fourth-order valence-corrected chi connectivity index (χ4v) is 4.22. The molecule has 132 valence electrons.